The molecule has 192 valence electrons. The number of thiazole rings is 1. The van der Waals surface area contributed by atoms with Crippen LogP contribution in [-0.4, -0.2) is 41.7 Å². The first-order valence-corrected chi connectivity index (χ1v) is 14.7. The summed E-state index contributed by atoms with van der Waals surface area (Å²) >= 11 is 1.47. The van der Waals surface area contributed by atoms with Crippen LogP contribution < -0.4 is 4.90 Å². The highest BCUT2D eigenvalue weighted by Crippen LogP contribution is 2.33. The summed E-state index contributed by atoms with van der Waals surface area (Å²) in [5.74, 6) is 0.292. The molecule has 1 saturated heterocycles. The lowest BCUT2D eigenvalue weighted by atomic mass is 10.0. The molecular formula is C28H30N4O3S2. The van der Waals surface area contributed by atoms with Gasteiger partial charge in [-0.3, -0.25) is 14.7 Å². The second-order valence-electron chi connectivity index (χ2n) is 9.79. The number of amides is 1. The number of hydrogen-bond donors (Lipinski definition) is 0. The molecule has 1 fully saturated rings. The number of nitrogens with zero attached hydrogens (tertiary/aromatic N) is 4. The molecule has 0 aliphatic carbocycles. The van der Waals surface area contributed by atoms with E-state index in [1.807, 2.05) is 26.0 Å². The van der Waals surface area contributed by atoms with Gasteiger partial charge in [0.05, 0.1) is 21.7 Å². The number of aryl methyl sites for hydroxylation is 2. The van der Waals surface area contributed by atoms with Crippen LogP contribution in [0.15, 0.2) is 65.8 Å². The lowest BCUT2D eigenvalue weighted by Crippen LogP contribution is -2.37. The maximum Gasteiger partial charge on any atom is 0.260 e. The van der Waals surface area contributed by atoms with E-state index in [0.717, 1.165) is 39.7 Å². The number of benzene rings is 2. The Labute approximate surface area is 221 Å². The van der Waals surface area contributed by atoms with E-state index in [0.29, 0.717) is 36.2 Å². The smallest absolute Gasteiger partial charge is 0.260 e. The van der Waals surface area contributed by atoms with Crippen molar-refractivity contribution in [2.24, 2.45) is 5.92 Å². The Morgan fingerprint density at radius 3 is 2.51 bits per heavy atom. The first kappa shape index (κ1) is 25.5. The van der Waals surface area contributed by atoms with Crippen molar-refractivity contribution in [3.63, 3.8) is 0 Å². The van der Waals surface area contributed by atoms with E-state index in [2.05, 4.69) is 24.0 Å². The van der Waals surface area contributed by atoms with Crippen LogP contribution in [0.3, 0.4) is 0 Å². The minimum absolute atomic E-state index is 0.212. The van der Waals surface area contributed by atoms with Crippen molar-refractivity contribution >= 4 is 42.6 Å². The van der Waals surface area contributed by atoms with Gasteiger partial charge in [-0.05, 0) is 85.7 Å². The number of pyridine rings is 1. The minimum Gasteiger partial charge on any atom is -0.279 e. The standard InChI is InChI=1S/C28H30N4O3S2/c1-19-10-13-31(14-11-19)37(34,35)24-8-6-23(7-9-24)27(33)32(18-22-5-4-12-29-17-22)28-30-26-21(3)15-20(2)16-25(26)36-28/h4-9,12,15-17,19H,10-11,13-14,18H2,1-3H3. The first-order chi connectivity index (χ1) is 17.7. The Morgan fingerprint density at radius 2 is 1.84 bits per heavy atom. The largest absolute Gasteiger partial charge is 0.279 e. The lowest BCUT2D eigenvalue weighted by molar-refractivity contribution is 0.0985. The van der Waals surface area contributed by atoms with Gasteiger partial charge in [-0.15, -0.1) is 0 Å². The fraction of sp³-hybridized carbons (Fsp3) is 0.321. The molecule has 0 saturated carbocycles. The van der Waals surface area contributed by atoms with E-state index < -0.39 is 10.0 Å². The van der Waals surface area contributed by atoms with E-state index in [4.69, 9.17) is 4.98 Å². The van der Waals surface area contributed by atoms with Gasteiger partial charge in [0.1, 0.15) is 0 Å². The van der Waals surface area contributed by atoms with Crippen molar-refractivity contribution < 1.29 is 13.2 Å². The van der Waals surface area contributed by atoms with Gasteiger partial charge in [-0.25, -0.2) is 13.4 Å². The van der Waals surface area contributed by atoms with Gasteiger partial charge in [0.15, 0.2) is 5.13 Å². The number of carbonyl (C=O) groups excluding carboxylic acids is 1. The Hall–Kier alpha value is -3.14. The number of piperidine rings is 1. The first-order valence-electron chi connectivity index (χ1n) is 12.4. The third-order valence-electron chi connectivity index (χ3n) is 6.84. The molecule has 1 amide bonds. The maximum atomic E-state index is 13.8. The molecule has 0 atom stereocenters. The second-order valence-corrected chi connectivity index (χ2v) is 12.7. The van der Waals surface area contributed by atoms with Gasteiger partial charge in [0, 0.05) is 31.0 Å². The molecule has 1 aliphatic heterocycles. The predicted octanol–water partition coefficient (Wildman–Crippen LogP) is 5.58. The van der Waals surface area contributed by atoms with E-state index in [1.165, 1.54) is 23.5 Å². The van der Waals surface area contributed by atoms with Crippen LogP contribution in [0, 0.1) is 19.8 Å². The number of sulfonamides is 1. The number of hydrogen-bond acceptors (Lipinski definition) is 6. The highest BCUT2D eigenvalue weighted by atomic mass is 32.2. The van der Waals surface area contributed by atoms with Crippen LogP contribution in [-0.2, 0) is 16.6 Å². The third-order valence-corrected chi connectivity index (χ3v) is 9.78. The summed E-state index contributed by atoms with van der Waals surface area (Å²) in [6.07, 6.45) is 5.15. The second kappa shape index (κ2) is 10.3. The normalized spacial score (nSPS) is 15.2. The summed E-state index contributed by atoms with van der Waals surface area (Å²) < 4.78 is 28.9. The SMILES string of the molecule is Cc1cc(C)c2nc(N(Cc3cccnc3)C(=O)c3ccc(S(=O)(=O)N4CCC(C)CC4)cc3)sc2c1. The molecule has 2 aromatic heterocycles. The van der Waals surface area contributed by atoms with Crippen molar-refractivity contribution in [1.29, 1.82) is 0 Å². The van der Waals surface area contributed by atoms with E-state index in [1.54, 1.807) is 33.7 Å². The summed E-state index contributed by atoms with van der Waals surface area (Å²) in [6, 6.07) is 14.2. The Bertz CT molecular complexity index is 1530. The average Bonchev–Trinajstić information content (AvgIpc) is 3.32. The van der Waals surface area contributed by atoms with Crippen LogP contribution >= 0.6 is 11.3 Å². The zero-order valence-electron chi connectivity index (χ0n) is 21.2. The highest BCUT2D eigenvalue weighted by molar-refractivity contribution is 7.89. The van der Waals surface area contributed by atoms with Gasteiger partial charge < -0.3 is 0 Å². The van der Waals surface area contributed by atoms with Crippen molar-refractivity contribution in [2.75, 3.05) is 18.0 Å². The number of anilines is 1. The molecule has 2 aromatic carbocycles. The lowest BCUT2D eigenvalue weighted by Gasteiger charge is -2.29. The molecule has 3 heterocycles. The summed E-state index contributed by atoms with van der Waals surface area (Å²) in [5.41, 5.74) is 4.37. The number of carbonyl (C=O) groups is 1. The Kier molecular flexibility index (Phi) is 7.11. The van der Waals surface area contributed by atoms with Crippen molar-refractivity contribution in [1.82, 2.24) is 14.3 Å². The Morgan fingerprint density at radius 1 is 1.11 bits per heavy atom. The molecule has 5 rings (SSSR count). The van der Waals surface area contributed by atoms with Gasteiger partial charge >= 0.3 is 0 Å². The molecule has 37 heavy (non-hydrogen) atoms. The van der Waals surface area contributed by atoms with E-state index in [-0.39, 0.29) is 10.8 Å². The Balaban J connectivity index is 1.47. The zero-order chi connectivity index (χ0) is 26.2. The molecule has 0 N–H and O–H groups in total. The molecule has 0 spiro atoms. The summed E-state index contributed by atoms with van der Waals surface area (Å²) in [7, 11) is -3.59. The fourth-order valence-corrected chi connectivity index (χ4v) is 7.28. The minimum atomic E-state index is -3.59. The quantitative estimate of drug-likeness (QED) is 0.323. The maximum absolute atomic E-state index is 13.8. The van der Waals surface area contributed by atoms with Gasteiger partial charge in [0.25, 0.3) is 5.91 Å². The van der Waals surface area contributed by atoms with E-state index >= 15 is 0 Å². The number of fused-ring (bicyclic) bond motifs is 1. The molecule has 9 heteroatoms. The summed E-state index contributed by atoms with van der Waals surface area (Å²) in [5, 5.41) is 0.594. The predicted molar refractivity (Wildman–Crippen MR) is 147 cm³/mol. The summed E-state index contributed by atoms with van der Waals surface area (Å²) in [6.45, 7) is 7.57. The molecule has 7 nitrogen and oxygen atoms in total. The monoisotopic (exact) mass is 534 g/mol. The topological polar surface area (TPSA) is 83.5 Å². The van der Waals surface area contributed by atoms with Crippen LogP contribution in [0.1, 0.15) is 46.8 Å². The fourth-order valence-electron chi connectivity index (χ4n) is 4.67. The summed E-state index contributed by atoms with van der Waals surface area (Å²) in [4.78, 5) is 24.7. The molecule has 1 aliphatic rings. The number of aromatic nitrogens is 2. The van der Waals surface area contributed by atoms with Crippen LogP contribution in [0.5, 0.6) is 0 Å². The molecule has 0 unspecified atom stereocenters. The molecular weight excluding hydrogens is 504 g/mol. The van der Waals surface area contributed by atoms with Crippen LogP contribution in [0.2, 0.25) is 0 Å². The van der Waals surface area contributed by atoms with Crippen LogP contribution in [0.25, 0.3) is 10.2 Å². The van der Waals surface area contributed by atoms with Crippen molar-refractivity contribution in [2.45, 2.75) is 45.1 Å². The molecule has 0 bridgehead atoms. The average molecular weight is 535 g/mol. The molecule has 0 radical (unpaired) electrons. The van der Waals surface area contributed by atoms with Crippen LogP contribution in [0.4, 0.5) is 5.13 Å². The van der Waals surface area contributed by atoms with E-state index in [9.17, 15) is 13.2 Å². The van der Waals surface area contributed by atoms with Crippen molar-refractivity contribution in [3.05, 3.63) is 83.2 Å². The van der Waals surface area contributed by atoms with Crippen molar-refractivity contribution in [3.8, 4) is 0 Å². The van der Waals surface area contributed by atoms with Gasteiger partial charge in [0.2, 0.25) is 10.0 Å². The third kappa shape index (κ3) is 5.30. The van der Waals surface area contributed by atoms with Gasteiger partial charge in [-0.2, -0.15) is 4.31 Å². The zero-order valence-corrected chi connectivity index (χ0v) is 22.8. The highest BCUT2D eigenvalue weighted by Gasteiger charge is 2.29. The van der Waals surface area contributed by atoms with Gasteiger partial charge in [-0.1, -0.05) is 30.4 Å². The molecule has 4 aromatic rings. The number of rotatable bonds is 6.